The predicted molar refractivity (Wildman–Crippen MR) is 91.7 cm³/mol. The number of anilines is 1. The first kappa shape index (κ1) is 19.8. The van der Waals surface area contributed by atoms with Crippen LogP contribution in [0.25, 0.3) is 0 Å². The molecule has 0 radical (unpaired) electrons. The Kier molecular flexibility index (Phi) is 5.92. The zero-order valence-corrected chi connectivity index (χ0v) is 14.7. The molecular weight excluding hydrogens is 371 g/mol. The van der Waals surface area contributed by atoms with Crippen LogP contribution in [0.1, 0.15) is 26.3 Å². The van der Waals surface area contributed by atoms with E-state index in [1.165, 1.54) is 49.6 Å². The van der Waals surface area contributed by atoms with Gasteiger partial charge in [0.2, 0.25) is 0 Å². The number of benzene rings is 2. The number of carbonyl (C=O) groups excluding carboxylic acids is 2. The van der Waals surface area contributed by atoms with Crippen LogP contribution in [0.3, 0.4) is 0 Å². The van der Waals surface area contributed by atoms with E-state index < -0.39 is 24.6 Å². The number of esters is 1. The van der Waals surface area contributed by atoms with Gasteiger partial charge in [0.1, 0.15) is 6.54 Å². The Morgan fingerprint density at radius 3 is 2.23 bits per heavy atom. The normalized spacial score (nSPS) is 11.2. The van der Waals surface area contributed by atoms with Crippen molar-refractivity contribution >= 4 is 29.2 Å². The third-order valence-corrected chi connectivity index (χ3v) is 3.85. The molecule has 0 spiro atoms. The molecule has 1 amide bonds. The number of hydrogen-bond donors (Lipinski definition) is 0. The molecule has 0 aliphatic heterocycles. The van der Waals surface area contributed by atoms with Crippen LogP contribution in [0.4, 0.5) is 18.9 Å². The zero-order valence-electron chi connectivity index (χ0n) is 13.9. The molecule has 2 rings (SSSR count). The lowest BCUT2D eigenvalue weighted by atomic mass is 10.1. The Labute approximate surface area is 153 Å². The van der Waals surface area contributed by atoms with Gasteiger partial charge in [0, 0.05) is 16.3 Å². The number of ether oxygens (including phenoxy) is 1. The van der Waals surface area contributed by atoms with E-state index in [0.717, 1.165) is 0 Å². The molecule has 2 aromatic rings. The van der Waals surface area contributed by atoms with Gasteiger partial charge in [0.25, 0.3) is 5.91 Å². The van der Waals surface area contributed by atoms with Gasteiger partial charge in [0.05, 0.1) is 12.7 Å². The van der Waals surface area contributed by atoms with Crippen LogP contribution in [-0.4, -0.2) is 31.7 Å². The first-order chi connectivity index (χ1) is 12.1. The van der Waals surface area contributed by atoms with E-state index in [0.29, 0.717) is 15.5 Å². The van der Waals surface area contributed by atoms with Gasteiger partial charge in [-0.3, -0.25) is 9.69 Å². The maximum absolute atomic E-state index is 13.0. The fourth-order valence-corrected chi connectivity index (χ4v) is 2.49. The van der Waals surface area contributed by atoms with Crippen molar-refractivity contribution in [3.05, 3.63) is 64.2 Å². The highest BCUT2D eigenvalue weighted by atomic mass is 35.5. The summed E-state index contributed by atoms with van der Waals surface area (Å²) in [5.41, 5.74) is 0.688. The number of hydrogen-bond acceptors (Lipinski definition) is 3. The fraction of sp³-hybridized carbons (Fsp3) is 0.222. The molecule has 8 heteroatoms. The van der Waals surface area contributed by atoms with Crippen molar-refractivity contribution in [3.63, 3.8) is 0 Å². The highest BCUT2D eigenvalue weighted by molar-refractivity contribution is 6.30. The Hall–Kier alpha value is -2.54. The van der Waals surface area contributed by atoms with E-state index in [1.54, 1.807) is 6.92 Å². The lowest BCUT2D eigenvalue weighted by molar-refractivity contribution is -0.118. The van der Waals surface area contributed by atoms with Crippen molar-refractivity contribution < 1.29 is 27.5 Å². The van der Waals surface area contributed by atoms with Crippen LogP contribution >= 0.6 is 11.6 Å². The van der Waals surface area contributed by atoms with Crippen LogP contribution < -0.4 is 4.90 Å². The lowest BCUT2D eigenvalue weighted by Gasteiger charge is -2.25. The Bertz CT molecular complexity index is 819. The summed E-state index contributed by atoms with van der Waals surface area (Å²) in [7, 11) is 1.20. The number of alkyl halides is 3. The summed E-state index contributed by atoms with van der Waals surface area (Å²) < 4.78 is 43.6. The predicted octanol–water partition coefficient (Wildman–Crippen LogP) is 4.64. The Morgan fingerprint density at radius 2 is 1.73 bits per heavy atom. The van der Waals surface area contributed by atoms with Gasteiger partial charge < -0.3 is 4.74 Å². The van der Waals surface area contributed by atoms with Gasteiger partial charge >= 0.3 is 12.1 Å². The smallest absolute Gasteiger partial charge is 0.406 e. The van der Waals surface area contributed by atoms with Crippen molar-refractivity contribution in [1.82, 2.24) is 0 Å². The molecule has 0 fully saturated rings. The molecule has 0 saturated carbocycles. The van der Waals surface area contributed by atoms with Gasteiger partial charge in [-0.15, -0.1) is 0 Å². The highest BCUT2D eigenvalue weighted by Gasteiger charge is 2.34. The number of amides is 1. The molecule has 138 valence electrons. The van der Waals surface area contributed by atoms with Crippen molar-refractivity contribution in [2.45, 2.75) is 13.1 Å². The largest absolute Gasteiger partial charge is 0.465 e. The van der Waals surface area contributed by atoms with Crippen molar-refractivity contribution in [2.24, 2.45) is 0 Å². The fourth-order valence-electron chi connectivity index (χ4n) is 2.36. The van der Waals surface area contributed by atoms with E-state index in [2.05, 4.69) is 4.74 Å². The topological polar surface area (TPSA) is 46.6 Å². The van der Waals surface area contributed by atoms with E-state index in [9.17, 15) is 22.8 Å². The second-order valence-corrected chi connectivity index (χ2v) is 5.94. The first-order valence-electron chi connectivity index (χ1n) is 7.45. The molecule has 0 aliphatic rings. The van der Waals surface area contributed by atoms with E-state index >= 15 is 0 Å². The third kappa shape index (κ3) is 4.76. The summed E-state index contributed by atoms with van der Waals surface area (Å²) in [6, 6.07) is 9.49. The number of halogens is 4. The molecule has 0 aliphatic carbocycles. The zero-order chi connectivity index (χ0) is 19.5. The number of nitrogens with zero attached hydrogens (tertiary/aromatic N) is 1. The van der Waals surface area contributed by atoms with Gasteiger partial charge in [-0.1, -0.05) is 11.6 Å². The average Bonchev–Trinajstić information content (AvgIpc) is 2.58. The van der Waals surface area contributed by atoms with Gasteiger partial charge in [-0.2, -0.15) is 13.2 Å². The highest BCUT2D eigenvalue weighted by Crippen LogP contribution is 2.26. The monoisotopic (exact) mass is 385 g/mol. The van der Waals surface area contributed by atoms with Gasteiger partial charge in [-0.05, 0) is 55.0 Å². The van der Waals surface area contributed by atoms with E-state index in [1.807, 2.05) is 0 Å². The van der Waals surface area contributed by atoms with Crippen LogP contribution in [-0.2, 0) is 4.74 Å². The lowest BCUT2D eigenvalue weighted by Crippen LogP contribution is -2.39. The Balaban J connectivity index is 2.44. The molecule has 0 heterocycles. The van der Waals surface area contributed by atoms with E-state index in [-0.39, 0.29) is 16.8 Å². The minimum atomic E-state index is -4.60. The van der Waals surface area contributed by atoms with Crippen LogP contribution in [0.5, 0.6) is 0 Å². The summed E-state index contributed by atoms with van der Waals surface area (Å²) in [6.45, 7) is 0.0831. The summed E-state index contributed by atoms with van der Waals surface area (Å²) in [6.07, 6.45) is -4.60. The summed E-state index contributed by atoms with van der Waals surface area (Å²) in [5.74, 6) is -1.44. The van der Waals surface area contributed by atoms with Crippen LogP contribution in [0, 0.1) is 6.92 Å². The first-order valence-corrected chi connectivity index (χ1v) is 7.83. The average molecular weight is 386 g/mol. The second-order valence-electron chi connectivity index (χ2n) is 5.50. The van der Waals surface area contributed by atoms with Crippen molar-refractivity contribution in [3.8, 4) is 0 Å². The number of rotatable bonds is 4. The van der Waals surface area contributed by atoms with Gasteiger partial charge in [-0.25, -0.2) is 4.79 Å². The number of carbonyl (C=O) groups is 2. The summed E-state index contributed by atoms with van der Waals surface area (Å²) in [4.78, 5) is 24.9. The van der Waals surface area contributed by atoms with Crippen LogP contribution in [0.15, 0.2) is 42.5 Å². The molecule has 0 atom stereocenters. The maximum Gasteiger partial charge on any atom is 0.406 e. The Morgan fingerprint density at radius 1 is 1.12 bits per heavy atom. The third-order valence-electron chi connectivity index (χ3n) is 3.60. The molecule has 26 heavy (non-hydrogen) atoms. The van der Waals surface area contributed by atoms with Crippen molar-refractivity contribution in [2.75, 3.05) is 18.6 Å². The molecule has 0 bridgehead atoms. The molecule has 0 saturated heterocycles. The maximum atomic E-state index is 13.0. The summed E-state index contributed by atoms with van der Waals surface area (Å²) in [5, 5.41) is 0.363. The minimum Gasteiger partial charge on any atom is -0.465 e. The molecule has 0 aromatic heterocycles. The quantitative estimate of drug-likeness (QED) is 0.720. The standard InChI is InChI=1S/C18H15ClF3NO3/c1-11-9-14(7-8-15(11)17(25)26-2)23(10-18(20,21)22)16(24)12-3-5-13(19)6-4-12/h3-9H,10H2,1-2H3. The number of aryl methyl sites for hydroxylation is 1. The molecule has 0 N–H and O–H groups in total. The molecule has 2 aromatic carbocycles. The summed E-state index contributed by atoms with van der Waals surface area (Å²) >= 11 is 5.75. The molecular formula is C18H15ClF3NO3. The van der Waals surface area contributed by atoms with E-state index in [4.69, 9.17) is 11.6 Å². The van der Waals surface area contributed by atoms with Crippen LogP contribution in [0.2, 0.25) is 5.02 Å². The van der Waals surface area contributed by atoms with Gasteiger partial charge in [0.15, 0.2) is 0 Å². The van der Waals surface area contributed by atoms with Crippen molar-refractivity contribution in [1.29, 1.82) is 0 Å². The minimum absolute atomic E-state index is 0.0208. The number of methoxy groups -OCH3 is 1. The second kappa shape index (κ2) is 7.78. The molecule has 0 unspecified atom stereocenters. The molecule has 4 nitrogen and oxygen atoms in total. The SMILES string of the molecule is COC(=O)c1ccc(N(CC(F)(F)F)C(=O)c2ccc(Cl)cc2)cc1C.